The molecule has 1 heterocycles. The number of hydrogen-bond donors (Lipinski definition) is 0. The topological polar surface area (TPSA) is 9.23 Å². The van der Waals surface area contributed by atoms with Crippen molar-refractivity contribution in [3.05, 3.63) is 82.4 Å². The van der Waals surface area contributed by atoms with Gasteiger partial charge < -0.3 is 4.74 Å². The molecule has 0 fully saturated rings. The van der Waals surface area contributed by atoms with E-state index in [0.29, 0.717) is 0 Å². The summed E-state index contributed by atoms with van der Waals surface area (Å²) in [5.74, 6) is 1.97. The van der Waals surface area contributed by atoms with Gasteiger partial charge in [-0.3, -0.25) is 0 Å². The van der Waals surface area contributed by atoms with E-state index in [1.807, 2.05) is 0 Å². The molecular weight excluding hydrogens is 304 g/mol. The fourth-order valence-electron chi connectivity index (χ4n) is 3.76. The smallest absolute Gasteiger partial charge is 0.139 e. The zero-order valence-corrected chi connectivity index (χ0v) is 15.6. The van der Waals surface area contributed by atoms with Gasteiger partial charge in [-0.15, -0.1) is 0 Å². The molecule has 25 heavy (non-hydrogen) atoms. The second-order valence-electron chi connectivity index (χ2n) is 7.71. The van der Waals surface area contributed by atoms with Gasteiger partial charge in [0.25, 0.3) is 0 Å². The molecule has 0 amide bonds. The van der Waals surface area contributed by atoms with Crippen LogP contribution in [0.2, 0.25) is 0 Å². The third-order valence-electron chi connectivity index (χ3n) is 5.53. The molecule has 1 aliphatic heterocycles. The van der Waals surface area contributed by atoms with Crippen molar-refractivity contribution in [3.63, 3.8) is 0 Å². The van der Waals surface area contributed by atoms with E-state index >= 15 is 0 Å². The SMILES string of the molecule is Cc1ccc2c(c1)Oc1c(-c3ccc(C)c(C)c3)cccc1C2(C)C. The summed E-state index contributed by atoms with van der Waals surface area (Å²) in [6.07, 6.45) is 0. The molecule has 126 valence electrons. The predicted octanol–water partition coefficient (Wildman–Crippen LogP) is 6.71. The first kappa shape index (κ1) is 16.0. The Kier molecular flexibility index (Phi) is 3.50. The lowest BCUT2D eigenvalue weighted by Gasteiger charge is -2.35. The number of fused-ring (bicyclic) bond motifs is 2. The largest absolute Gasteiger partial charge is 0.456 e. The number of hydrogen-bond acceptors (Lipinski definition) is 1. The van der Waals surface area contributed by atoms with E-state index < -0.39 is 0 Å². The average molecular weight is 328 g/mol. The first-order valence-corrected chi connectivity index (χ1v) is 8.88. The van der Waals surface area contributed by atoms with Crippen LogP contribution in [0.1, 0.15) is 41.7 Å². The van der Waals surface area contributed by atoms with Crippen LogP contribution >= 0.6 is 0 Å². The van der Waals surface area contributed by atoms with Crippen LogP contribution in [-0.4, -0.2) is 0 Å². The fraction of sp³-hybridized carbons (Fsp3) is 0.250. The van der Waals surface area contributed by atoms with Crippen LogP contribution in [-0.2, 0) is 5.41 Å². The zero-order chi connectivity index (χ0) is 17.8. The summed E-state index contributed by atoms with van der Waals surface area (Å²) in [4.78, 5) is 0. The summed E-state index contributed by atoms with van der Waals surface area (Å²) in [7, 11) is 0. The van der Waals surface area contributed by atoms with Crippen LogP contribution in [0.15, 0.2) is 54.6 Å². The monoisotopic (exact) mass is 328 g/mol. The lowest BCUT2D eigenvalue weighted by atomic mass is 9.74. The summed E-state index contributed by atoms with van der Waals surface area (Å²) in [6.45, 7) is 11.0. The summed E-state index contributed by atoms with van der Waals surface area (Å²) in [5.41, 5.74) is 8.65. The Bertz CT molecular complexity index is 979. The maximum atomic E-state index is 6.45. The Morgan fingerprint density at radius 3 is 2.32 bits per heavy atom. The van der Waals surface area contributed by atoms with E-state index in [2.05, 4.69) is 89.2 Å². The van der Waals surface area contributed by atoms with Crippen molar-refractivity contribution in [1.29, 1.82) is 0 Å². The normalized spacial score (nSPS) is 14.4. The molecule has 0 radical (unpaired) electrons. The number of para-hydroxylation sites is 1. The maximum Gasteiger partial charge on any atom is 0.139 e. The lowest BCUT2D eigenvalue weighted by Crippen LogP contribution is -2.24. The van der Waals surface area contributed by atoms with Crippen LogP contribution in [0.4, 0.5) is 0 Å². The Hall–Kier alpha value is -2.54. The van der Waals surface area contributed by atoms with Crippen LogP contribution < -0.4 is 4.74 Å². The average Bonchev–Trinajstić information content (AvgIpc) is 2.57. The van der Waals surface area contributed by atoms with E-state index in [1.165, 1.54) is 38.9 Å². The molecule has 0 saturated carbocycles. The molecular formula is C24H24O. The van der Waals surface area contributed by atoms with Gasteiger partial charge >= 0.3 is 0 Å². The third-order valence-corrected chi connectivity index (χ3v) is 5.53. The highest BCUT2D eigenvalue weighted by molar-refractivity contribution is 5.76. The Morgan fingerprint density at radius 2 is 1.56 bits per heavy atom. The van der Waals surface area contributed by atoms with Gasteiger partial charge in [-0.05, 0) is 49.1 Å². The Balaban J connectivity index is 1.95. The second-order valence-corrected chi connectivity index (χ2v) is 7.71. The summed E-state index contributed by atoms with van der Waals surface area (Å²) >= 11 is 0. The highest BCUT2D eigenvalue weighted by Gasteiger charge is 2.35. The molecule has 0 atom stereocenters. The van der Waals surface area contributed by atoms with Crippen LogP contribution in [0.3, 0.4) is 0 Å². The molecule has 1 nitrogen and oxygen atoms in total. The summed E-state index contributed by atoms with van der Waals surface area (Å²) < 4.78 is 6.45. The van der Waals surface area contributed by atoms with Crippen molar-refractivity contribution in [2.24, 2.45) is 0 Å². The Labute approximate surface area is 150 Å². The second kappa shape index (κ2) is 5.49. The van der Waals surface area contributed by atoms with Gasteiger partial charge in [0.2, 0.25) is 0 Å². The first-order valence-electron chi connectivity index (χ1n) is 8.88. The van der Waals surface area contributed by atoms with Gasteiger partial charge in [0.05, 0.1) is 0 Å². The third kappa shape index (κ3) is 2.46. The van der Waals surface area contributed by atoms with E-state index in [0.717, 1.165) is 11.5 Å². The lowest BCUT2D eigenvalue weighted by molar-refractivity contribution is 0.419. The van der Waals surface area contributed by atoms with Gasteiger partial charge in [-0.1, -0.05) is 62.4 Å². The molecule has 0 bridgehead atoms. The molecule has 0 spiro atoms. The maximum absolute atomic E-state index is 6.45. The van der Waals surface area contributed by atoms with Gasteiger partial charge in [-0.2, -0.15) is 0 Å². The van der Waals surface area contributed by atoms with E-state index in [9.17, 15) is 0 Å². The highest BCUT2D eigenvalue weighted by Crippen LogP contribution is 2.51. The molecule has 0 unspecified atom stereocenters. The quantitative estimate of drug-likeness (QED) is 0.482. The first-order chi connectivity index (χ1) is 11.9. The minimum absolute atomic E-state index is 0.0770. The standard InChI is InChI=1S/C24H24O/c1-15-9-12-20-22(13-15)25-23-19(7-6-8-21(23)24(20,4)5)18-11-10-16(2)17(3)14-18/h6-14H,1-5H3. The van der Waals surface area contributed by atoms with Gasteiger partial charge in [0.15, 0.2) is 0 Å². The number of aryl methyl sites for hydroxylation is 3. The van der Waals surface area contributed by atoms with Gasteiger partial charge in [0.1, 0.15) is 11.5 Å². The van der Waals surface area contributed by atoms with E-state index in [4.69, 9.17) is 4.74 Å². The Morgan fingerprint density at radius 1 is 0.760 bits per heavy atom. The van der Waals surface area contributed by atoms with E-state index in [1.54, 1.807) is 0 Å². The summed E-state index contributed by atoms with van der Waals surface area (Å²) in [6, 6.07) is 19.7. The number of ether oxygens (including phenoxy) is 1. The highest BCUT2D eigenvalue weighted by atomic mass is 16.5. The van der Waals surface area contributed by atoms with E-state index in [-0.39, 0.29) is 5.41 Å². The van der Waals surface area contributed by atoms with Gasteiger partial charge in [-0.25, -0.2) is 0 Å². The molecule has 0 aromatic heterocycles. The summed E-state index contributed by atoms with van der Waals surface area (Å²) in [5, 5.41) is 0. The predicted molar refractivity (Wildman–Crippen MR) is 105 cm³/mol. The number of rotatable bonds is 1. The number of benzene rings is 3. The molecule has 0 aliphatic carbocycles. The molecule has 3 aromatic rings. The van der Waals surface area contributed by atoms with Crippen molar-refractivity contribution in [3.8, 4) is 22.6 Å². The molecule has 0 N–H and O–H groups in total. The molecule has 1 aliphatic rings. The molecule has 3 aromatic carbocycles. The van der Waals surface area contributed by atoms with Crippen molar-refractivity contribution >= 4 is 0 Å². The molecule has 0 saturated heterocycles. The fourth-order valence-corrected chi connectivity index (χ4v) is 3.76. The zero-order valence-electron chi connectivity index (χ0n) is 15.6. The van der Waals surface area contributed by atoms with Crippen LogP contribution in [0.5, 0.6) is 11.5 Å². The minimum Gasteiger partial charge on any atom is -0.456 e. The van der Waals surface area contributed by atoms with Crippen molar-refractivity contribution < 1.29 is 4.74 Å². The van der Waals surface area contributed by atoms with Crippen molar-refractivity contribution in [2.45, 2.75) is 40.0 Å². The van der Waals surface area contributed by atoms with Crippen molar-refractivity contribution in [2.75, 3.05) is 0 Å². The van der Waals surface area contributed by atoms with Crippen molar-refractivity contribution in [1.82, 2.24) is 0 Å². The molecule has 4 rings (SSSR count). The minimum atomic E-state index is -0.0770. The van der Waals surface area contributed by atoms with Crippen LogP contribution in [0, 0.1) is 20.8 Å². The van der Waals surface area contributed by atoms with Crippen LogP contribution in [0.25, 0.3) is 11.1 Å². The van der Waals surface area contributed by atoms with Gasteiger partial charge in [0, 0.05) is 22.1 Å². The molecule has 1 heteroatoms.